The molecule has 0 aromatic heterocycles. The van der Waals surface area contributed by atoms with Crippen molar-refractivity contribution in [2.45, 2.75) is 16.9 Å². The molecule has 0 atom stereocenters. The van der Waals surface area contributed by atoms with Crippen molar-refractivity contribution in [3.8, 4) is 17.6 Å². The van der Waals surface area contributed by atoms with Gasteiger partial charge in [-0.05, 0) is 70.2 Å². The number of nitrogens with zero attached hydrogens (tertiary/aromatic N) is 3. The van der Waals surface area contributed by atoms with E-state index in [-0.39, 0.29) is 0 Å². The van der Waals surface area contributed by atoms with Gasteiger partial charge in [-0.3, -0.25) is 4.90 Å². The minimum Gasteiger partial charge on any atom is -0.446 e. The van der Waals surface area contributed by atoms with Crippen LogP contribution in [0.2, 0.25) is 0 Å². The molecule has 2 aromatic rings. The summed E-state index contributed by atoms with van der Waals surface area (Å²) in [5.74, 6) is 6.95. The molecule has 0 spiro atoms. The molecule has 0 bridgehead atoms. The Morgan fingerprint density at radius 2 is 1.77 bits per heavy atom. The first-order valence-electron chi connectivity index (χ1n) is 10.0. The average Bonchev–Trinajstić information content (AvgIpc) is 2.74. The van der Waals surface area contributed by atoms with Gasteiger partial charge in [0, 0.05) is 43.9 Å². The van der Waals surface area contributed by atoms with Gasteiger partial charge in [-0.25, -0.2) is 4.99 Å². The maximum absolute atomic E-state index is 5.63. The summed E-state index contributed by atoms with van der Waals surface area (Å²) in [4.78, 5) is 9.34. The van der Waals surface area contributed by atoms with E-state index in [9.17, 15) is 0 Å². The van der Waals surface area contributed by atoms with Gasteiger partial charge in [0.15, 0.2) is 0 Å². The van der Waals surface area contributed by atoms with Crippen molar-refractivity contribution >= 4 is 41.1 Å². The van der Waals surface area contributed by atoms with Crippen molar-refractivity contribution in [2.75, 3.05) is 26.2 Å². The first-order chi connectivity index (χ1) is 14.9. The molecular weight excluding hydrogens is 453 g/mol. The van der Waals surface area contributed by atoms with Crippen LogP contribution in [0.1, 0.15) is 17.5 Å². The SMILES string of the molecule is ClC(Cl)(Cl)Oc1ccc(C#CCN2CCC3=C(CN(Cc4ccccc4)C=N3)C2)cc1. The van der Waals surface area contributed by atoms with Gasteiger partial charge in [0.1, 0.15) is 5.75 Å². The summed E-state index contributed by atoms with van der Waals surface area (Å²) < 4.78 is 3.40. The molecule has 0 fully saturated rings. The van der Waals surface area contributed by atoms with Gasteiger partial charge in [-0.15, -0.1) is 0 Å². The first-order valence-corrected chi connectivity index (χ1v) is 11.2. The van der Waals surface area contributed by atoms with Gasteiger partial charge in [0.05, 0.1) is 12.9 Å². The molecule has 7 heteroatoms. The highest BCUT2D eigenvalue weighted by Crippen LogP contribution is 2.30. The molecule has 0 N–H and O–H groups in total. The lowest BCUT2D eigenvalue weighted by molar-refractivity contribution is 0.300. The summed E-state index contributed by atoms with van der Waals surface area (Å²) in [6.07, 6.45) is 2.95. The van der Waals surface area contributed by atoms with Gasteiger partial charge in [-0.2, -0.15) is 0 Å². The Balaban J connectivity index is 1.30. The predicted octanol–water partition coefficient (Wildman–Crippen LogP) is 5.25. The molecule has 0 saturated heterocycles. The molecule has 31 heavy (non-hydrogen) atoms. The van der Waals surface area contributed by atoms with Crippen LogP contribution in [-0.4, -0.2) is 46.3 Å². The fourth-order valence-electron chi connectivity index (χ4n) is 3.66. The van der Waals surface area contributed by atoms with E-state index in [1.165, 1.54) is 16.8 Å². The van der Waals surface area contributed by atoms with Crippen LogP contribution in [-0.2, 0) is 6.54 Å². The molecule has 0 amide bonds. The fraction of sp³-hybridized carbons (Fsp3) is 0.292. The van der Waals surface area contributed by atoms with E-state index < -0.39 is 3.98 Å². The molecule has 0 aliphatic carbocycles. The second-order valence-electron chi connectivity index (χ2n) is 7.52. The highest BCUT2D eigenvalue weighted by molar-refractivity contribution is 6.66. The van der Waals surface area contributed by atoms with E-state index in [0.29, 0.717) is 12.3 Å². The Bertz CT molecular complexity index is 1020. The molecule has 2 aromatic carbocycles. The van der Waals surface area contributed by atoms with E-state index in [1.54, 1.807) is 12.1 Å². The smallest absolute Gasteiger partial charge is 0.338 e. The minimum atomic E-state index is -1.77. The molecule has 4 nitrogen and oxygen atoms in total. The van der Waals surface area contributed by atoms with Crippen molar-refractivity contribution in [3.05, 3.63) is 77.0 Å². The van der Waals surface area contributed by atoms with E-state index in [1.807, 2.05) is 24.5 Å². The topological polar surface area (TPSA) is 28.1 Å². The number of benzene rings is 2. The van der Waals surface area contributed by atoms with Crippen molar-refractivity contribution in [3.63, 3.8) is 0 Å². The Labute approximate surface area is 198 Å². The van der Waals surface area contributed by atoms with Crippen LogP contribution in [0.15, 0.2) is 70.9 Å². The molecule has 4 rings (SSSR count). The van der Waals surface area contributed by atoms with Crippen molar-refractivity contribution in [1.29, 1.82) is 0 Å². The summed E-state index contributed by atoms with van der Waals surface area (Å²) in [6, 6.07) is 17.7. The number of hydrogen-bond donors (Lipinski definition) is 0. The third-order valence-electron chi connectivity index (χ3n) is 5.11. The van der Waals surface area contributed by atoms with Crippen LogP contribution in [0, 0.1) is 11.8 Å². The zero-order valence-corrected chi connectivity index (χ0v) is 19.2. The number of aliphatic imine (C=N–C) groups is 1. The standard InChI is InChI=1S/C24H22Cl3N3O/c25-24(26,27)31-22-10-8-19(9-11-22)7-4-13-29-14-12-23-21(16-29)17-30(18-28-23)15-20-5-2-1-3-6-20/h1-3,5-6,8-11,18H,12-17H2. The molecular formula is C24H22Cl3N3O. The monoisotopic (exact) mass is 473 g/mol. The van der Waals surface area contributed by atoms with Gasteiger partial charge in [0.2, 0.25) is 0 Å². The average molecular weight is 475 g/mol. The maximum Gasteiger partial charge on any atom is 0.338 e. The van der Waals surface area contributed by atoms with Crippen LogP contribution in [0.3, 0.4) is 0 Å². The van der Waals surface area contributed by atoms with Crippen molar-refractivity contribution < 1.29 is 4.74 Å². The summed E-state index contributed by atoms with van der Waals surface area (Å²) in [5, 5.41) is 0. The lowest BCUT2D eigenvalue weighted by Gasteiger charge is -2.33. The Kier molecular flexibility index (Phi) is 7.09. The lowest BCUT2D eigenvalue weighted by atomic mass is 10.0. The molecule has 0 unspecified atom stereocenters. The number of ether oxygens (including phenoxy) is 1. The van der Waals surface area contributed by atoms with E-state index in [2.05, 4.69) is 45.9 Å². The van der Waals surface area contributed by atoms with E-state index in [0.717, 1.165) is 38.2 Å². The quantitative estimate of drug-likeness (QED) is 0.448. The van der Waals surface area contributed by atoms with Gasteiger partial charge in [0.25, 0.3) is 0 Å². The summed E-state index contributed by atoms with van der Waals surface area (Å²) >= 11 is 16.9. The highest BCUT2D eigenvalue weighted by atomic mass is 35.6. The predicted molar refractivity (Wildman–Crippen MR) is 128 cm³/mol. The van der Waals surface area contributed by atoms with Gasteiger partial charge < -0.3 is 9.64 Å². The fourth-order valence-corrected chi connectivity index (χ4v) is 3.93. The summed E-state index contributed by atoms with van der Waals surface area (Å²) in [5.41, 5.74) is 4.81. The number of halogens is 3. The minimum absolute atomic E-state index is 0.485. The molecule has 0 radical (unpaired) electrons. The second-order valence-corrected chi connectivity index (χ2v) is 9.70. The summed E-state index contributed by atoms with van der Waals surface area (Å²) in [7, 11) is 0. The Morgan fingerprint density at radius 1 is 1.00 bits per heavy atom. The normalized spacial score (nSPS) is 16.5. The van der Waals surface area contributed by atoms with Crippen LogP contribution in [0.25, 0.3) is 0 Å². The van der Waals surface area contributed by atoms with Crippen LogP contribution >= 0.6 is 34.8 Å². The lowest BCUT2D eigenvalue weighted by Crippen LogP contribution is -2.38. The third-order valence-corrected chi connectivity index (χ3v) is 5.34. The molecule has 160 valence electrons. The maximum atomic E-state index is 5.63. The molecule has 2 aliphatic rings. The highest BCUT2D eigenvalue weighted by Gasteiger charge is 2.23. The Morgan fingerprint density at radius 3 is 2.52 bits per heavy atom. The number of rotatable bonds is 4. The van der Waals surface area contributed by atoms with Crippen LogP contribution < -0.4 is 4.74 Å². The number of hydrogen-bond acceptors (Lipinski definition) is 4. The first kappa shape index (κ1) is 22.0. The zero-order valence-electron chi connectivity index (χ0n) is 16.9. The molecule has 2 aliphatic heterocycles. The zero-order chi connectivity index (χ0) is 21.7. The Hall–Kier alpha value is -2.16. The number of alkyl halides is 3. The molecule has 2 heterocycles. The van der Waals surface area contributed by atoms with Crippen molar-refractivity contribution in [2.24, 2.45) is 4.99 Å². The van der Waals surface area contributed by atoms with Crippen LogP contribution in [0.5, 0.6) is 5.75 Å². The van der Waals surface area contributed by atoms with Gasteiger partial charge >= 0.3 is 3.98 Å². The molecule has 0 saturated carbocycles. The second kappa shape index (κ2) is 9.97. The van der Waals surface area contributed by atoms with E-state index >= 15 is 0 Å². The third kappa shape index (κ3) is 6.66. The van der Waals surface area contributed by atoms with E-state index in [4.69, 9.17) is 44.5 Å². The van der Waals surface area contributed by atoms with Crippen LogP contribution in [0.4, 0.5) is 0 Å². The summed E-state index contributed by atoms with van der Waals surface area (Å²) in [6.45, 7) is 4.38. The van der Waals surface area contributed by atoms with Crippen molar-refractivity contribution in [1.82, 2.24) is 9.80 Å². The van der Waals surface area contributed by atoms with Gasteiger partial charge in [-0.1, -0.05) is 42.2 Å². The largest absolute Gasteiger partial charge is 0.446 e.